The summed E-state index contributed by atoms with van der Waals surface area (Å²) < 4.78 is 0. The van der Waals surface area contributed by atoms with Gasteiger partial charge in [-0.1, -0.05) is 31.2 Å². The van der Waals surface area contributed by atoms with Crippen molar-refractivity contribution in [1.82, 2.24) is 0 Å². The van der Waals surface area contributed by atoms with Crippen molar-refractivity contribution in [3.63, 3.8) is 0 Å². The second-order valence-corrected chi connectivity index (χ2v) is 4.23. The van der Waals surface area contributed by atoms with E-state index in [4.69, 9.17) is 5.73 Å². The van der Waals surface area contributed by atoms with Gasteiger partial charge in [0.15, 0.2) is 0 Å². The summed E-state index contributed by atoms with van der Waals surface area (Å²) in [5.74, 6) is 0. The quantitative estimate of drug-likeness (QED) is 0.745. The van der Waals surface area contributed by atoms with Crippen LogP contribution in [0.2, 0.25) is 0 Å². The Balaban J connectivity index is 2.32. The molecule has 0 saturated heterocycles. The van der Waals surface area contributed by atoms with Crippen molar-refractivity contribution in [3.8, 4) is 0 Å². The van der Waals surface area contributed by atoms with Gasteiger partial charge in [0.2, 0.25) is 0 Å². The molecule has 0 atom stereocenters. The van der Waals surface area contributed by atoms with Crippen molar-refractivity contribution in [2.75, 3.05) is 0 Å². The predicted octanol–water partition coefficient (Wildman–Crippen LogP) is 1.56. The lowest BCUT2D eigenvalue weighted by Crippen LogP contribution is -2.52. The largest absolute Gasteiger partial charge is 0.393 e. The number of rotatable bonds is 2. The Morgan fingerprint density at radius 1 is 1.43 bits per heavy atom. The molecule has 14 heavy (non-hydrogen) atoms. The lowest BCUT2D eigenvalue weighted by atomic mass is 9.69. The fourth-order valence-corrected chi connectivity index (χ4v) is 2.32. The van der Waals surface area contributed by atoms with Gasteiger partial charge in [0, 0.05) is 5.54 Å². The summed E-state index contributed by atoms with van der Waals surface area (Å²) >= 11 is 0. The van der Waals surface area contributed by atoms with Gasteiger partial charge in [-0.2, -0.15) is 0 Å². The van der Waals surface area contributed by atoms with Crippen molar-refractivity contribution in [2.24, 2.45) is 5.73 Å². The van der Waals surface area contributed by atoms with Crippen molar-refractivity contribution in [3.05, 3.63) is 35.4 Å². The molecule has 2 nitrogen and oxygen atoms in total. The first-order chi connectivity index (χ1) is 6.65. The summed E-state index contributed by atoms with van der Waals surface area (Å²) in [6.07, 6.45) is 2.20. The third kappa shape index (κ3) is 1.45. The highest BCUT2D eigenvalue weighted by molar-refractivity contribution is 5.35. The normalized spacial score (nSPS) is 31.2. The number of nitrogens with two attached hydrogens (primary N) is 1. The highest BCUT2D eigenvalue weighted by Crippen LogP contribution is 2.40. The van der Waals surface area contributed by atoms with E-state index in [0.717, 1.165) is 6.42 Å². The van der Waals surface area contributed by atoms with E-state index >= 15 is 0 Å². The second kappa shape index (κ2) is 3.37. The van der Waals surface area contributed by atoms with Gasteiger partial charge >= 0.3 is 0 Å². The van der Waals surface area contributed by atoms with Crippen LogP contribution in [0.1, 0.15) is 30.9 Å². The van der Waals surface area contributed by atoms with Crippen molar-refractivity contribution in [1.29, 1.82) is 0 Å². The average molecular weight is 191 g/mol. The van der Waals surface area contributed by atoms with Gasteiger partial charge in [0.1, 0.15) is 0 Å². The first-order valence-electron chi connectivity index (χ1n) is 5.21. The van der Waals surface area contributed by atoms with Crippen LogP contribution in [0.3, 0.4) is 0 Å². The second-order valence-electron chi connectivity index (χ2n) is 4.23. The first kappa shape index (κ1) is 9.69. The van der Waals surface area contributed by atoms with Gasteiger partial charge in [0.05, 0.1) is 6.10 Å². The molecule has 0 unspecified atom stereocenters. The van der Waals surface area contributed by atoms with E-state index in [1.165, 1.54) is 11.1 Å². The molecule has 0 spiro atoms. The predicted molar refractivity (Wildman–Crippen MR) is 56.9 cm³/mol. The Morgan fingerprint density at radius 3 is 2.64 bits per heavy atom. The molecule has 76 valence electrons. The number of hydrogen-bond acceptors (Lipinski definition) is 2. The van der Waals surface area contributed by atoms with Crippen LogP contribution in [0.5, 0.6) is 0 Å². The van der Waals surface area contributed by atoms with E-state index in [1.54, 1.807) is 0 Å². The van der Waals surface area contributed by atoms with Crippen LogP contribution in [-0.2, 0) is 12.0 Å². The maximum absolute atomic E-state index is 9.33. The van der Waals surface area contributed by atoms with Gasteiger partial charge in [-0.15, -0.1) is 0 Å². The lowest BCUT2D eigenvalue weighted by Gasteiger charge is -2.43. The summed E-state index contributed by atoms with van der Waals surface area (Å²) in [6, 6.07) is 8.27. The molecule has 1 aliphatic carbocycles. The van der Waals surface area contributed by atoms with E-state index < -0.39 is 0 Å². The highest BCUT2D eigenvalue weighted by Gasteiger charge is 2.42. The number of aryl methyl sites for hydroxylation is 1. The van der Waals surface area contributed by atoms with E-state index in [-0.39, 0.29) is 11.6 Å². The van der Waals surface area contributed by atoms with Gasteiger partial charge in [0.25, 0.3) is 0 Å². The molecule has 1 aromatic carbocycles. The SMILES string of the molecule is CCc1ccccc1C1(N)CC(O)C1. The van der Waals surface area contributed by atoms with Crippen LogP contribution in [0, 0.1) is 0 Å². The summed E-state index contributed by atoms with van der Waals surface area (Å²) in [6.45, 7) is 2.14. The minimum absolute atomic E-state index is 0.204. The monoisotopic (exact) mass is 191 g/mol. The number of aliphatic hydroxyl groups is 1. The summed E-state index contributed by atoms with van der Waals surface area (Å²) in [4.78, 5) is 0. The molecule has 3 N–H and O–H groups in total. The highest BCUT2D eigenvalue weighted by atomic mass is 16.3. The minimum atomic E-state index is -0.272. The van der Waals surface area contributed by atoms with Crippen molar-refractivity contribution < 1.29 is 5.11 Å². The fraction of sp³-hybridized carbons (Fsp3) is 0.500. The summed E-state index contributed by atoms with van der Waals surface area (Å²) in [5, 5.41) is 9.33. The third-order valence-electron chi connectivity index (χ3n) is 3.13. The zero-order valence-electron chi connectivity index (χ0n) is 8.53. The molecule has 1 saturated carbocycles. The Kier molecular flexibility index (Phi) is 2.33. The molecule has 0 aliphatic heterocycles. The molecule has 1 aromatic rings. The van der Waals surface area contributed by atoms with Crippen molar-refractivity contribution in [2.45, 2.75) is 37.8 Å². The smallest absolute Gasteiger partial charge is 0.0582 e. The summed E-state index contributed by atoms with van der Waals surface area (Å²) in [7, 11) is 0. The maximum atomic E-state index is 9.33. The average Bonchev–Trinajstić information content (AvgIpc) is 2.15. The van der Waals surface area contributed by atoms with E-state index in [0.29, 0.717) is 12.8 Å². The van der Waals surface area contributed by atoms with Gasteiger partial charge in [-0.25, -0.2) is 0 Å². The van der Waals surface area contributed by atoms with Gasteiger partial charge < -0.3 is 10.8 Å². The van der Waals surface area contributed by atoms with Crippen LogP contribution >= 0.6 is 0 Å². The topological polar surface area (TPSA) is 46.2 Å². The molecule has 0 heterocycles. The van der Waals surface area contributed by atoms with Crippen LogP contribution < -0.4 is 5.73 Å². The molecule has 0 amide bonds. The van der Waals surface area contributed by atoms with Crippen LogP contribution in [-0.4, -0.2) is 11.2 Å². The maximum Gasteiger partial charge on any atom is 0.0582 e. The van der Waals surface area contributed by atoms with E-state index in [2.05, 4.69) is 19.1 Å². The standard InChI is InChI=1S/C12H17NO/c1-2-9-5-3-4-6-11(9)12(13)7-10(14)8-12/h3-6,10,14H,2,7-8,13H2,1H3. The Hall–Kier alpha value is -0.860. The zero-order chi connectivity index (χ0) is 10.2. The Bertz CT molecular complexity index is 329. The third-order valence-corrected chi connectivity index (χ3v) is 3.13. The molecule has 0 radical (unpaired) electrons. The van der Waals surface area contributed by atoms with Crippen LogP contribution in [0.15, 0.2) is 24.3 Å². The first-order valence-corrected chi connectivity index (χ1v) is 5.21. The number of hydrogen-bond donors (Lipinski definition) is 2. The number of aliphatic hydroxyl groups excluding tert-OH is 1. The van der Waals surface area contributed by atoms with Gasteiger partial charge in [-0.3, -0.25) is 0 Å². The van der Waals surface area contributed by atoms with E-state index in [9.17, 15) is 5.11 Å². The molecular weight excluding hydrogens is 174 g/mol. The molecular formula is C12H17NO. The molecule has 2 rings (SSSR count). The van der Waals surface area contributed by atoms with Gasteiger partial charge in [-0.05, 0) is 30.4 Å². The Morgan fingerprint density at radius 2 is 2.07 bits per heavy atom. The van der Waals surface area contributed by atoms with Crippen molar-refractivity contribution >= 4 is 0 Å². The van der Waals surface area contributed by atoms with Crippen LogP contribution in [0.4, 0.5) is 0 Å². The van der Waals surface area contributed by atoms with Crippen LogP contribution in [0.25, 0.3) is 0 Å². The minimum Gasteiger partial charge on any atom is -0.393 e. The summed E-state index contributed by atoms with van der Waals surface area (Å²) in [5.41, 5.74) is 8.48. The molecule has 1 aliphatic rings. The Labute approximate surface area is 84.7 Å². The molecule has 0 aromatic heterocycles. The molecule has 2 heteroatoms. The molecule has 1 fully saturated rings. The number of benzene rings is 1. The lowest BCUT2D eigenvalue weighted by molar-refractivity contribution is 0.0205. The fourth-order valence-electron chi connectivity index (χ4n) is 2.32. The molecule has 0 bridgehead atoms. The van der Waals surface area contributed by atoms with E-state index in [1.807, 2.05) is 12.1 Å². The zero-order valence-corrected chi connectivity index (χ0v) is 8.53.